The zero-order valence-corrected chi connectivity index (χ0v) is 11.5. The number of carbonyl (C=O) groups is 1. The van der Waals surface area contributed by atoms with Crippen LogP contribution in [0.3, 0.4) is 0 Å². The zero-order valence-electron chi connectivity index (χ0n) is 10.0. The third kappa shape index (κ3) is 4.14. The molecule has 0 saturated heterocycles. The smallest absolute Gasteiger partial charge is 0.254 e. The van der Waals surface area contributed by atoms with Gasteiger partial charge in [-0.15, -0.1) is 0 Å². The lowest BCUT2D eigenvalue weighted by Crippen LogP contribution is -2.36. The van der Waals surface area contributed by atoms with E-state index in [0.717, 1.165) is 0 Å². The van der Waals surface area contributed by atoms with E-state index in [2.05, 4.69) is 0 Å². The Morgan fingerprint density at radius 1 is 1.33 bits per heavy atom. The minimum atomic E-state index is -0.209. The minimum Gasteiger partial charge on any atom is -0.395 e. The van der Waals surface area contributed by atoms with Crippen molar-refractivity contribution in [3.63, 3.8) is 0 Å². The second kappa shape index (κ2) is 7.59. The van der Waals surface area contributed by atoms with Gasteiger partial charge in [-0.1, -0.05) is 23.2 Å². The van der Waals surface area contributed by atoms with E-state index in [0.29, 0.717) is 28.8 Å². The first-order chi connectivity index (χ1) is 8.60. The van der Waals surface area contributed by atoms with E-state index in [9.17, 15) is 4.79 Å². The molecular formula is C12H15Cl2NO3. The first-order valence-electron chi connectivity index (χ1n) is 5.44. The van der Waals surface area contributed by atoms with Gasteiger partial charge in [0.1, 0.15) is 0 Å². The number of hydrogen-bond donors (Lipinski definition) is 1. The number of methoxy groups -OCH3 is 1. The van der Waals surface area contributed by atoms with E-state index in [-0.39, 0.29) is 19.1 Å². The molecule has 1 aromatic carbocycles. The maximum atomic E-state index is 12.2. The van der Waals surface area contributed by atoms with E-state index >= 15 is 0 Å². The molecule has 0 spiro atoms. The fourth-order valence-corrected chi connectivity index (χ4v) is 1.75. The topological polar surface area (TPSA) is 49.8 Å². The van der Waals surface area contributed by atoms with Crippen LogP contribution in [0.1, 0.15) is 10.4 Å². The molecule has 1 aromatic rings. The molecule has 0 aliphatic heterocycles. The SMILES string of the molecule is COCCN(CCO)C(=O)c1ccc(Cl)c(Cl)c1. The summed E-state index contributed by atoms with van der Waals surface area (Å²) in [7, 11) is 1.56. The summed E-state index contributed by atoms with van der Waals surface area (Å²) in [5.41, 5.74) is 0.439. The van der Waals surface area contributed by atoms with Crippen molar-refractivity contribution in [2.24, 2.45) is 0 Å². The van der Waals surface area contributed by atoms with Crippen molar-refractivity contribution in [1.29, 1.82) is 0 Å². The Balaban J connectivity index is 2.83. The maximum absolute atomic E-state index is 12.2. The Hall–Kier alpha value is -0.810. The number of halogens is 2. The largest absolute Gasteiger partial charge is 0.395 e. The van der Waals surface area contributed by atoms with E-state index in [4.69, 9.17) is 33.0 Å². The van der Waals surface area contributed by atoms with Crippen LogP contribution >= 0.6 is 23.2 Å². The lowest BCUT2D eigenvalue weighted by Gasteiger charge is -2.21. The zero-order chi connectivity index (χ0) is 13.5. The van der Waals surface area contributed by atoms with Crippen molar-refractivity contribution in [2.45, 2.75) is 0 Å². The predicted molar refractivity (Wildman–Crippen MR) is 71.3 cm³/mol. The van der Waals surface area contributed by atoms with Gasteiger partial charge in [0.05, 0.1) is 23.3 Å². The van der Waals surface area contributed by atoms with Gasteiger partial charge in [-0.05, 0) is 18.2 Å². The summed E-state index contributed by atoms with van der Waals surface area (Å²) >= 11 is 11.7. The van der Waals surface area contributed by atoms with Crippen LogP contribution in [0.4, 0.5) is 0 Å². The standard InChI is InChI=1S/C12H15Cl2NO3/c1-18-7-5-15(4-6-16)12(17)9-2-3-10(13)11(14)8-9/h2-3,8,16H,4-7H2,1H3. The molecule has 0 aliphatic carbocycles. The van der Waals surface area contributed by atoms with Gasteiger partial charge in [0.2, 0.25) is 0 Å². The van der Waals surface area contributed by atoms with Crippen molar-refractivity contribution >= 4 is 29.1 Å². The Bertz CT molecular complexity index is 412. The Kier molecular flexibility index (Phi) is 6.43. The lowest BCUT2D eigenvalue weighted by molar-refractivity contribution is 0.0656. The van der Waals surface area contributed by atoms with Crippen LogP contribution in [-0.4, -0.2) is 49.3 Å². The number of ether oxygens (including phenoxy) is 1. The number of benzene rings is 1. The Labute approximate surface area is 116 Å². The van der Waals surface area contributed by atoms with Gasteiger partial charge >= 0.3 is 0 Å². The average Bonchev–Trinajstić information content (AvgIpc) is 2.37. The number of aliphatic hydroxyl groups excluding tert-OH is 1. The third-order valence-corrected chi connectivity index (χ3v) is 3.13. The molecule has 0 saturated carbocycles. The number of aliphatic hydroxyl groups is 1. The molecule has 1 amide bonds. The van der Waals surface area contributed by atoms with E-state index in [1.807, 2.05) is 0 Å². The van der Waals surface area contributed by atoms with Crippen LogP contribution in [0, 0.1) is 0 Å². The molecule has 1 rings (SSSR count). The number of nitrogens with zero attached hydrogens (tertiary/aromatic N) is 1. The van der Waals surface area contributed by atoms with Gasteiger partial charge in [0.25, 0.3) is 5.91 Å². The Morgan fingerprint density at radius 3 is 2.61 bits per heavy atom. The van der Waals surface area contributed by atoms with Crippen molar-refractivity contribution in [1.82, 2.24) is 4.90 Å². The summed E-state index contributed by atoms with van der Waals surface area (Å²) in [6.07, 6.45) is 0. The first kappa shape index (κ1) is 15.2. The summed E-state index contributed by atoms with van der Waals surface area (Å²) in [4.78, 5) is 13.7. The van der Waals surface area contributed by atoms with Crippen LogP contribution in [0.2, 0.25) is 10.0 Å². The molecule has 6 heteroatoms. The van der Waals surface area contributed by atoms with Gasteiger partial charge in [-0.25, -0.2) is 0 Å². The molecule has 18 heavy (non-hydrogen) atoms. The molecule has 0 aliphatic rings. The van der Waals surface area contributed by atoms with Crippen LogP contribution in [-0.2, 0) is 4.74 Å². The van der Waals surface area contributed by atoms with Crippen molar-refractivity contribution in [3.8, 4) is 0 Å². The highest BCUT2D eigenvalue weighted by Gasteiger charge is 2.15. The molecule has 0 heterocycles. The fraction of sp³-hybridized carbons (Fsp3) is 0.417. The summed E-state index contributed by atoms with van der Waals surface area (Å²) in [6.45, 7) is 0.975. The van der Waals surface area contributed by atoms with Crippen LogP contribution in [0.5, 0.6) is 0 Å². The number of amides is 1. The molecule has 100 valence electrons. The molecular weight excluding hydrogens is 277 g/mol. The summed E-state index contributed by atoms with van der Waals surface area (Å²) in [5, 5.41) is 9.68. The summed E-state index contributed by atoms with van der Waals surface area (Å²) in [6, 6.07) is 4.70. The minimum absolute atomic E-state index is 0.100. The Morgan fingerprint density at radius 2 is 2.06 bits per heavy atom. The number of rotatable bonds is 6. The molecule has 0 fully saturated rings. The number of hydrogen-bond acceptors (Lipinski definition) is 3. The predicted octanol–water partition coefficient (Wildman–Crippen LogP) is 2.07. The van der Waals surface area contributed by atoms with Crippen molar-refractivity contribution in [2.75, 3.05) is 33.4 Å². The van der Waals surface area contributed by atoms with Crippen LogP contribution in [0.25, 0.3) is 0 Å². The summed E-state index contributed by atoms with van der Waals surface area (Å²) < 4.78 is 4.92. The first-order valence-corrected chi connectivity index (χ1v) is 6.20. The average molecular weight is 292 g/mol. The molecule has 0 atom stereocenters. The van der Waals surface area contributed by atoms with Gasteiger partial charge in [-0.2, -0.15) is 0 Å². The molecule has 4 nitrogen and oxygen atoms in total. The van der Waals surface area contributed by atoms with Gasteiger partial charge in [-0.3, -0.25) is 4.79 Å². The van der Waals surface area contributed by atoms with Crippen LogP contribution < -0.4 is 0 Å². The van der Waals surface area contributed by atoms with E-state index in [1.54, 1.807) is 19.2 Å². The highest BCUT2D eigenvalue weighted by Crippen LogP contribution is 2.23. The van der Waals surface area contributed by atoms with Gasteiger partial charge in [0, 0.05) is 25.8 Å². The highest BCUT2D eigenvalue weighted by atomic mass is 35.5. The quantitative estimate of drug-likeness (QED) is 0.873. The lowest BCUT2D eigenvalue weighted by atomic mass is 10.2. The normalized spacial score (nSPS) is 10.4. The van der Waals surface area contributed by atoms with Crippen LogP contribution in [0.15, 0.2) is 18.2 Å². The van der Waals surface area contributed by atoms with Crippen molar-refractivity contribution < 1.29 is 14.6 Å². The monoisotopic (exact) mass is 291 g/mol. The van der Waals surface area contributed by atoms with E-state index < -0.39 is 0 Å². The second-order valence-corrected chi connectivity index (χ2v) is 4.45. The fourth-order valence-electron chi connectivity index (χ4n) is 1.45. The molecule has 0 unspecified atom stereocenters. The van der Waals surface area contributed by atoms with E-state index in [1.165, 1.54) is 11.0 Å². The molecule has 0 aromatic heterocycles. The third-order valence-electron chi connectivity index (χ3n) is 2.39. The maximum Gasteiger partial charge on any atom is 0.254 e. The second-order valence-electron chi connectivity index (χ2n) is 3.64. The van der Waals surface area contributed by atoms with Gasteiger partial charge in [0.15, 0.2) is 0 Å². The molecule has 0 radical (unpaired) electrons. The molecule has 1 N–H and O–H groups in total. The summed E-state index contributed by atoms with van der Waals surface area (Å²) in [5.74, 6) is -0.209. The highest BCUT2D eigenvalue weighted by molar-refractivity contribution is 6.42. The molecule has 0 bridgehead atoms. The van der Waals surface area contributed by atoms with Crippen molar-refractivity contribution in [3.05, 3.63) is 33.8 Å². The number of carbonyl (C=O) groups excluding carboxylic acids is 1. The van der Waals surface area contributed by atoms with Gasteiger partial charge < -0.3 is 14.7 Å².